The summed E-state index contributed by atoms with van der Waals surface area (Å²) >= 11 is 0. The third-order valence-electron chi connectivity index (χ3n) is 2.75. The molecule has 0 saturated carbocycles. The Labute approximate surface area is 105 Å². The summed E-state index contributed by atoms with van der Waals surface area (Å²) in [7, 11) is 1.51. The van der Waals surface area contributed by atoms with Crippen LogP contribution in [0.3, 0.4) is 0 Å². The Morgan fingerprint density at radius 2 is 2.44 bits per heavy atom. The number of ether oxygens (including phenoxy) is 1. The van der Waals surface area contributed by atoms with Crippen LogP contribution in [0.4, 0.5) is 5.82 Å². The van der Waals surface area contributed by atoms with Gasteiger partial charge in [-0.15, -0.1) is 0 Å². The number of likely N-dealkylation sites (tertiary alicyclic amines) is 1. The Bertz CT molecular complexity index is 462. The van der Waals surface area contributed by atoms with Gasteiger partial charge in [-0.3, -0.25) is 9.59 Å². The highest BCUT2D eigenvalue weighted by molar-refractivity contribution is 5.95. The minimum atomic E-state index is -0.262. The van der Waals surface area contributed by atoms with Gasteiger partial charge in [-0.05, 0) is 18.6 Å². The van der Waals surface area contributed by atoms with Crippen molar-refractivity contribution in [3.63, 3.8) is 0 Å². The number of nitrogens with zero attached hydrogens (tertiary/aromatic N) is 2. The van der Waals surface area contributed by atoms with Crippen molar-refractivity contribution in [1.82, 2.24) is 9.88 Å². The molecule has 6 nitrogen and oxygen atoms in total. The summed E-state index contributed by atoms with van der Waals surface area (Å²) in [5.74, 6) is 0.635. The number of anilines is 1. The van der Waals surface area contributed by atoms with Crippen LogP contribution in [0, 0.1) is 0 Å². The second-order valence-electron chi connectivity index (χ2n) is 4.02. The summed E-state index contributed by atoms with van der Waals surface area (Å²) < 4.78 is 5.08. The first-order valence-corrected chi connectivity index (χ1v) is 5.77. The van der Waals surface area contributed by atoms with Gasteiger partial charge in [0.15, 0.2) is 11.6 Å². The lowest BCUT2D eigenvalue weighted by Crippen LogP contribution is -2.34. The van der Waals surface area contributed by atoms with Gasteiger partial charge >= 0.3 is 0 Å². The summed E-state index contributed by atoms with van der Waals surface area (Å²) in [5.41, 5.74) is 0. The number of methoxy groups -OCH3 is 1. The monoisotopic (exact) mass is 249 g/mol. The second-order valence-corrected chi connectivity index (χ2v) is 4.02. The predicted octanol–water partition coefficient (Wildman–Crippen LogP) is 0.651. The molecule has 1 saturated heterocycles. The van der Waals surface area contributed by atoms with Crippen LogP contribution in [-0.2, 0) is 9.59 Å². The number of hydrogen-bond donors (Lipinski definition) is 1. The fraction of sp³-hybridized carbons (Fsp3) is 0.417. The van der Waals surface area contributed by atoms with Crippen molar-refractivity contribution >= 4 is 17.6 Å². The highest BCUT2D eigenvalue weighted by Crippen LogP contribution is 2.20. The third-order valence-corrected chi connectivity index (χ3v) is 2.75. The summed E-state index contributed by atoms with van der Waals surface area (Å²) in [5, 5.41) is 2.64. The quantitative estimate of drug-likeness (QED) is 0.850. The van der Waals surface area contributed by atoms with E-state index in [0.29, 0.717) is 24.5 Å². The van der Waals surface area contributed by atoms with Gasteiger partial charge in [-0.2, -0.15) is 0 Å². The van der Waals surface area contributed by atoms with Crippen molar-refractivity contribution in [2.24, 2.45) is 0 Å². The van der Waals surface area contributed by atoms with E-state index in [1.54, 1.807) is 23.2 Å². The molecule has 0 atom stereocenters. The maximum absolute atomic E-state index is 11.8. The largest absolute Gasteiger partial charge is 0.493 e. The molecule has 0 radical (unpaired) electrons. The molecule has 0 spiro atoms. The molecule has 1 aliphatic rings. The van der Waals surface area contributed by atoms with E-state index in [1.807, 2.05) is 0 Å². The van der Waals surface area contributed by atoms with Crippen LogP contribution in [-0.4, -0.2) is 41.9 Å². The molecule has 96 valence electrons. The molecule has 1 aromatic rings. The summed E-state index contributed by atoms with van der Waals surface area (Å²) in [6, 6.07) is 3.43. The number of hydrogen-bond acceptors (Lipinski definition) is 4. The van der Waals surface area contributed by atoms with Gasteiger partial charge in [0.05, 0.1) is 13.7 Å². The number of carbonyl (C=O) groups excluding carboxylic acids is 2. The van der Waals surface area contributed by atoms with Crippen molar-refractivity contribution in [3.05, 3.63) is 18.3 Å². The average Bonchev–Trinajstić information content (AvgIpc) is 2.75. The Kier molecular flexibility index (Phi) is 3.76. The fourth-order valence-electron chi connectivity index (χ4n) is 1.87. The molecule has 2 heterocycles. The van der Waals surface area contributed by atoms with Gasteiger partial charge in [0.2, 0.25) is 11.8 Å². The molecular formula is C12H15N3O3. The van der Waals surface area contributed by atoms with Gasteiger partial charge in [-0.1, -0.05) is 0 Å². The van der Waals surface area contributed by atoms with Gasteiger partial charge in [0.25, 0.3) is 0 Å². The van der Waals surface area contributed by atoms with E-state index in [0.717, 1.165) is 6.42 Å². The Morgan fingerprint density at radius 3 is 3.11 bits per heavy atom. The van der Waals surface area contributed by atoms with Crippen LogP contribution >= 0.6 is 0 Å². The van der Waals surface area contributed by atoms with Crippen molar-refractivity contribution in [2.75, 3.05) is 25.5 Å². The van der Waals surface area contributed by atoms with Crippen LogP contribution in [0.15, 0.2) is 18.3 Å². The number of aromatic nitrogens is 1. The molecule has 0 aliphatic carbocycles. The Hall–Kier alpha value is -2.11. The zero-order valence-electron chi connectivity index (χ0n) is 10.2. The van der Waals surface area contributed by atoms with E-state index in [1.165, 1.54) is 7.11 Å². The van der Waals surface area contributed by atoms with E-state index in [2.05, 4.69) is 10.3 Å². The van der Waals surface area contributed by atoms with Crippen LogP contribution < -0.4 is 10.1 Å². The molecule has 18 heavy (non-hydrogen) atoms. The number of amides is 2. The zero-order chi connectivity index (χ0) is 13.0. The lowest BCUT2D eigenvalue weighted by molar-refractivity contribution is -0.131. The first-order valence-electron chi connectivity index (χ1n) is 5.77. The summed E-state index contributed by atoms with van der Waals surface area (Å²) in [6.45, 7) is 0.712. The minimum absolute atomic E-state index is 0.0261. The highest BCUT2D eigenvalue weighted by Gasteiger charge is 2.22. The van der Waals surface area contributed by atoms with Crippen molar-refractivity contribution < 1.29 is 14.3 Å². The highest BCUT2D eigenvalue weighted by atomic mass is 16.5. The Morgan fingerprint density at radius 1 is 1.61 bits per heavy atom. The first-order chi connectivity index (χ1) is 8.70. The van der Waals surface area contributed by atoms with E-state index in [9.17, 15) is 9.59 Å². The smallest absolute Gasteiger partial charge is 0.245 e. The fourth-order valence-corrected chi connectivity index (χ4v) is 1.87. The number of rotatable bonds is 4. The molecule has 1 N–H and O–H groups in total. The topological polar surface area (TPSA) is 71.5 Å². The van der Waals surface area contributed by atoms with Crippen LogP contribution in [0.2, 0.25) is 0 Å². The van der Waals surface area contributed by atoms with E-state index < -0.39 is 0 Å². The van der Waals surface area contributed by atoms with E-state index >= 15 is 0 Å². The second kappa shape index (κ2) is 5.48. The minimum Gasteiger partial charge on any atom is -0.493 e. The summed E-state index contributed by atoms with van der Waals surface area (Å²) in [6.07, 6.45) is 2.92. The molecule has 6 heteroatoms. The Balaban J connectivity index is 1.96. The van der Waals surface area contributed by atoms with Crippen LogP contribution in [0.25, 0.3) is 0 Å². The van der Waals surface area contributed by atoms with Crippen molar-refractivity contribution in [2.45, 2.75) is 12.8 Å². The zero-order valence-corrected chi connectivity index (χ0v) is 10.2. The molecule has 0 unspecified atom stereocenters. The first kappa shape index (κ1) is 12.3. The third kappa shape index (κ3) is 2.77. The molecule has 1 fully saturated rings. The van der Waals surface area contributed by atoms with Crippen LogP contribution in [0.1, 0.15) is 12.8 Å². The normalized spacial score (nSPS) is 14.7. The number of carbonyl (C=O) groups is 2. The molecule has 0 bridgehead atoms. The SMILES string of the molecule is COc1cccnc1NC(=O)CN1CCCC1=O. The summed E-state index contributed by atoms with van der Waals surface area (Å²) in [4.78, 5) is 28.7. The van der Waals surface area contributed by atoms with E-state index in [4.69, 9.17) is 4.74 Å². The van der Waals surface area contributed by atoms with Gasteiger partial charge in [-0.25, -0.2) is 4.98 Å². The van der Waals surface area contributed by atoms with E-state index in [-0.39, 0.29) is 18.4 Å². The standard InChI is InChI=1S/C12H15N3O3/c1-18-9-4-2-6-13-12(9)14-10(16)8-15-7-3-5-11(15)17/h2,4,6H,3,5,7-8H2,1H3,(H,13,14,16). The van der Waals surface area contributed by atoms with Crippen LogP contribution in [0.5, 0.6) is 5.75 Å². The van der Waals surface area contributed by atoms with Crippen molar-refractivity contribution in [1.29, 1.82) is 0 Å². The predicted molar refractivity (Wildman–Crippen MR) is 65.2 cm³/mol. The molecule has 1 aromatic heterocycles. The molecular weight excluding hydrogens is 234 g/mol. The number of nitrogens with one attached hydrogen (secondary N) is 1. The molecule has 2 rings (SSSR count). The molecule has 0 aromatic carbocycles. The van der Waals surface area contributed by atoms with Gasteiger partial charge in [0, 0.05) is 19.2 Å². The maximum atomic E-state index is 11.8. The van der Waals surface area contributed by atoms with Crippen molar-refractivity contribution in [3.8, 4) is 5.75 Å². The average molecular weight is 249 g/mol. The molecule has 2 amide bonds. The van der Waals surface area contributed by atoms with Gasteiger partial charge < -0.3 is 15.0 Å². The lowest BCUT2D eigenvalue weighted by atomic mass is 10.4. The lowest BCUT2D eigenvalue weighted by Gasteiger charge is -2.15. The van der Waals surface area contributed by atoms with Gasteiger partial charge in [0.1, 0.15) is 0 Å². The number of pyridine rings is 1. The molecule has 1 aliphatic heterocycles. The maximum Gasteiger partial charge on any atom is 0.245 e.